The number of benzene rings is 1. The number of hydrogen-bond donors (Lipinski definition) is 2. The summed E-state index contributed by atoms with van der Waals surface area (Å²) in [5.74, 6) is 3.91. The molecule has 0 aliphatic carbocycles. The second-order valence-electron chi connectivity index (χ2n) is 6.76. The second kappa shape index (κ2) is 10.4. The van der Waals surface area contributed by atoms with E-state index >= 15 is 0 Å². The van der Waals surface area contributed by atoms with Gasteiger partial charge in [-0.05, 0) is 18.2 Å². The topological polar surface area (TPSA) is 82.6 Å². The maximum Gasteiger partial charge on any atom is 0.319 e. The largest absolute Gasteiger partial charge is 0.468 e. The van der Waals surface area contributed by atoms with E-state index in [-0.39, 0.29) is 5.97 Å². The van der Waals surface area contributed by atoms with E-state index in [9.17, 15) is 4.79 Å². The zero-order valence-corrected chi connectivity index (χ0v) is 16.6. The standard InChI is InChI=1S/C21H26N6O2/c1-3-17-5-4-6-18(13-17)25-20-14-19(23-16-24-20)22-7-8-26-9-11-27(12-10-26)15-21(28)29-2/h1,4-6,13-14,16H,7-12,15H2,2H3,(H2,22,23,24,25). The van der Waals surface area contributed by atoms with Crippen molar-refractivity contribution in [2.75, 3.05) is 63.6 Å². The molecule has 8 nitrogen and oxygen atoms in total. The van der Waals surface area contributed by atoms with Crippen LogP contribution >= 0.6 is 0 Å². The van der Waals surface area contributed by atoms with Crippen molar-refractivity contribution in [3.05, 3.63) is 42.2 Å². The van der Waals surface area contributed by atoms with Gasteiger partial charge in [-0.3, -0.25) is 14.6 Å². The molecule has 1 saturated heterocycles. The average molecular weight is 394 g/mol. The Bertz CT molecular complexity index is 858. The van der Waals surface area contributed by atoms with Crippen LogP contribution in [0.3, 0.4) is 0 Å². The number of esters is 1. The fourth-order valence-electron chi connectivity index (χ4n) is 3.12. The van der Waals surface area contributed by atoms with Gasteiger partial charge in [0.05, 0.1) is 13.7 Å². The van der Waals surface area contributed by atoms with E-state index < -0.39 is 0 Å². The number of carbonyl (C=O) groups excluding carboxylic acids is 1. The quantitative estimate of drug-likeness (QED) is 0.514. The van der Waals surface area contributed by atoms with Gasteiger partial charge in [-0.25, -0.2) is 9.97 Å². The van der Waals surface area contributed by atoms with Crippen LogP contribution in [0.1, 0.15) is 5.56 Å². The van der Waals surface area contributed by atoms with Crippen LogP contribution in [0.4, 0.5) is 17.3 Å². The molecule has 0 unspecified atom stereocenters. The molecule has 0 amide bonds. The summed E-state index contributed by atoms with van der Waals surface area (Å²) in [4.78, 5) is 24.4. The highest BCUT2D eigenvalue weighted by atomic mass is 16.5. The van der Waals surface area contributed by atoms with Gasteiger partial charge in [-0.1, -0.05) is 12.0 Å². The molecule has 1 aliphatic heterocycles. The molecule has 1 fully saturated rings. The Balaban J connectivity index is 1.43. The van der Waals surface area contributed by atoms with E-state index in [1.165, 1.54) is 13.4 Å². The van der Waals surface area contributed by atoms with E-state index in [4.69, 9.17) is 11.2 Å². The second-order valence-corrected chi connectivity index (χ2v) is 6.76. The minimum Gasteiger partial charge on any atom is -0.468 e. The number of piperazine rings is 1. The van der Waals surface area contributed by atoms with Crippen LogP contribution in [-0.2, 0) is 9.53 Å². The van der Waals surface area contributed by atoms with Crippen molar-refractivity contribution in [1.29, 1.82) is 0 Å². The molecule has 0 radical (unpaired) electrons. The minimum absolute atomic E-state index is 0.181. The molecule has 152 valence electrons. The summed E-state index contributed by atoms with van der Waals surface area (Å²) in [5.41, 5.74) is 1.70. The third-order valence-corrected chi connectivity index (χ3v) is 4.75. The first-order valence-electron chi connectivity index (χ1n) is 9.57. The lowest BCUT2D eigenvalue weighted by Crippen LogP contribution is -2.49. The Morgan fingerprint density at radius 2 is 1.93 bits per heavy atom. The average Bonchev–Trinajstić information content (AvgIpc) is 2.75. The highest BCUT2D eigenvalue weighted by molar-refractivity contribution is 5.71. The van der Waals surface area contributed by atoms with Crippen molar-refractivity contribution in [3.63, 3.8) is 0 Å². The Hall–Kier alpha value is -3.15. The number of carbonyl (C=O) groups is 1. The number of nitrogens with zero attached hydrogens (tertiary/aromatic N) is 4. The lowest BCUT2D eigenvalue weighted by molar-refractivity contribution is -0.142. The van der Waals surface area contributed by atoms with Crippen molar-refractivity contribution in [1.82, 2.24) is 19.8 Å². The van der Waals surface area contributed by atoms with Crippen LogP contribution in [-0.4, -0.2) is 78.7 Å². The third kappa shape index (κ3) is 6.45. The minimum atomic E-state index is -0.181. The molecule has 3 rings (SSSR count). The number of aromatic nitrogens is 2. The smallest absolute Gasteiger partial charge is 0.319 e. The number of hydrogen-bond acceptors (Lipinski definition) is 8. The molecular formula is C21H26N6O2. The van der Waals surface area contributed by atoms with E-state index in [2.05, 4.69) is 36.3 Å². The molecule has 0 spiro atoms. The summed E-state index contributed by atoms with van der Waals surface area (Å²) in [6.07, 6.45) is 6.98. The van der Waals surface area contributed by atoms with Gasteiger partial charge >= 0.3 is 5.97 Å². The van der Waals surface area contributed by atoms with Gasteiger partial charge < -0.3 is 15.4 Å². The highest BCUT2D eigenvalue weighted by Gasteiger charge is 2.18. The first-order valence-corrected chi connectivity index (χ1v) is 9.57. The fourth-order valence-corrected chi connectivity index (χ4v) is 3.12. The van der Waals surface area contributed by atoms with Crippen LogP contribution in [0.5, 0.6) is 0 Å². The molecule has 0 saturated carbocycles. The number of anilines is 3. The van der Waals surface area contributed by atoms with Gasteiger partial charge in [-0.2, -0.15) is 0 Å². The molecule has 1 aliphatic rings. The summed E-state index contributed by atoms with van der Waals surface area (Å²) in [6.45, 7) is 5.65. The Kier molecular flexibility index (Phi) is 7.39. The van der Waals surface area contributed by atoms with Gasteiger partial charge in [0.1, 0.15) is 18.0 Å². The van der Waals surface area contributed by atoms with E-state index in [1.807, 2.05) is 30.3 Å². The first kappa shape index (κ1) is 20.6. The van der Waals surface area contributed by atoms with Gasteiger partial charge in [0.25, 0.3) is 0 Å². The van der Waals surface area contributed by atoms with E-state index in [0.717, 1.165) is 56.3 Å². The SMILES string of the molecule is C#Cc1cccc(Nc2cc(NCCN3CCN(CC(=O)OC)CC3)ncn2)c1. The Morgan fingerprint density at radius 3 is 2.69 bits per heavy atom. The van der Waals surface area contributed by atoms with Crippen LogP contribution in [0.25, 0.3) is 0 Å². The fraction of sp³-hybridized carbons (Fsp3) is 0.381. The Labute approximate surface area is 171 Å². The van der Waals surface area contributed by atoms with E-state index in [0.29, 0.717) is 12.4 Å². The normalized spacial score (nSPS) is 14.8. The molecular weight excluding hydrogens is 368 g/mol. The van der Waals surface area contributed by atoms with Crippen molar-refractivity contribution >= 4 is 23.3 Å². The zero-order valence-electron chi connectivity index (χ0n) is 16.6. The lowest BCUT2D eigenvalue weighted by atomic mass is 10.2. The van der Waals surface area contributed by atoms with E-state index in [1.54, 1.807) is 0 Å². The predicted molar refractivity (Wildman–Crippen MR) is 113 cm³/mol. The number of methoxy groups -OCH3 is 1. The van der Waals surface area contributed by atoms with Crippen LogP contribution in [0.2, 0.25) is 0 Å². The highest BCUT2D eigenvalue weighted by Crippen LogP contribution is 2.17. The van der Waals surface area contributed by atoms with Crippen LogP contribution in [0.15, 0.2) is 36.7 Å². The predicted octanol–water partition coefficient (Wildman–Crippen LogP) is 1.40. The summed E-state index contributed by atoms with van der Waals surface area (Å²) < 4.78 is 4.72. The molecule has 2 N–H and O–H groups in total. The van der Waals surface area contributed by atoms with Crippen molar-refractivity contribution < 1.29 is 9.53 Å². The third-order valence-electron chi connectivity index (χ3n) is 4.75. The molecule has 29 heavy (non-hydrogen) atoms. The molecule has 2 heterocycles. The maximum absolute atomic E-state index is 11.4. The summed E-state index contributed by atoms with van der Waals surface area (Å²) in [5, 5.41) is 6.58. The maximum atomic E-state index is 11.4. The Morgan fingerprint density at radius 1 is 1.17 bits per heavy atom. The number of rotatable bonds is 8. The van der Waals surface area contributed by atoms with Gasteiger partial charge in [0, 0.05) is 56.6 Å². The number of terminal acetylenes is 1. The summed E-state index contributed by atoms with van der Waals surface area (Å²) >= 11 is 0. The van der Waals surface area contributed by atoms with Crippen molar-refractivity contribution in [2.24, 2.45) is 0 Å². The lowest BCUT2D eigenvalue weighted by Gasteiger charge is -2.33. The molecule has 0 bridgehead atoms. The van der Waals surface area contributed by atoms with Gasteiger partial charge in [0.15, 0.2) is 0 Å². The first-order chi connectivity index (χ1) is 14.2. The van der Waals surface area contributed by atoms with Crippen LogP contribution in [0, 0.1) is 12.3 Å². The van der Waals surface area contributed by atoms with Gasteiger partial charge in [-0.15, -0.1) is 6.42 Å². The molecule has 0 atom stereocenters. The molecule has 8 heteroatoms. The van der Waals surface area contributed by atoms with Crippen molar-refractivity contribution in [2.45, 2.75) is 0 Å². The molecule has 2 aromatic rings. The van der Waals surface area contributed by atoms with Crippen LogP contribution < -0.4 is 10.6 Å². The number of nitrogens with one attached hydrogen (secondary N) is 2. The zero-order chi connectivity index (χ0) is 20.5. The van der Waals surface area contributed by atoms with Crippen molar-refractivity contribution in [3.8, 4) is 12.3 Å². The monoisotopic (exact) mass is 394 g/mol. The molecule has 1 aromatic carbocycles. The summed E-state index contributed by atoms with van der Waals surface area (Å²) in [6, 6.07) is 9.50. The van der Waals surface area contributed by atoms with Gasteiger partial charge in [0.2, 0.25) is 0 Å². The number of ether oxygens (including phenoxy) is 1. The molecule has 1 aromatic heterocycles. The summed E-state index contributed by atoms with van der Waals surface area (Å²) in [7, 11) is 1.42.